The molecule has 1 aliphatic rings. The molecule has 0 bridgehead atoms. The summed E-state index contributed by atoms with van der Waals surface area (Å²) in [5.74, 6) is -8.81. The van der Waals surface area contributed by atoms with Crippen molar-refractivity contribution in [3.63, 3.8) is 0 Å². The average Bonchev–Trinajstić information content (AvgIpc) is 3.36. The molecule has 1 aliphatic heterocycles. The Balaban J connectivity index is 1.89. The van der Waals surface area contributed by atoms with Crippen LogP contribution in [0, 0.1) is 0 Å². The highest BCUT2D eigenvalue weighted by atomic mass is 79.9. The summed E-state index contributed by atoms with van der Waals surface area (Å²) < 4.78 is 97.6. The van der Waals surface area contributed by atoms with E-state index in [1.54, 1.807) is 0 Å². The van der Waals surface area contributed by atoms with Crippen molar-refractivity contribution in [1.82, 2.24) is 15.1 Å². The zero-order chi connectivity index (χ0) is 34.1. The van der Waals surface area contributed by atoms with Crippen LogP contribution in [0.15, 0.2) is 46.0 Å². The van der Waals surface area contributed by atoms with E-state index in [0.717, 1.165) is 23.0 Å². The summed E-state index contributed by atoms with van der Waals surface area (Å²) in [5.41, 5.74) is 9.24. The third-order valence-electron chi connectivity index (χ3n) is 6.63. The van der Waals surface area contributed by atoms with Crippen LogP contribution in [0.4, 0.5) is 36.4 Å². The molecule has 2 aromatic carbocycles. The Morgan fingerprint density at radius 2 is 1.78 bits per heavy atom. The molecule has 0 saturated carbocycles. The molecule has 0 radical (unpaired) electrons. The number of aliphatic imine (C=N–C) groups is 1. The van der Waals surface area contributed by atoms with Crippen molar-refractivity contribution in [3.8, 4) is 0 Å². The lowest BCUT2D eigenvalue weighted by Gasteiger charge is -2.26. The summed E-state index contributed by atoms with van der Waals surface area (Å²) in [4.78, 5) is 53.1. The molecule has 0 spiro atoms. The molecule has 20 heteroatoms. The number of nitrogens with one attached hydrogen (secondary N) is 2. The minimum absolute atomic E-state index is 0.0831. The first kappa shape index (κ1) is 34.1. The molecule has 0 aliphatic carbocycles. The molecular formula is C26H21BrF7N7O5. The van der Waals surface area contributed by atoms with Gasteiger partial charge < -0.3 is 26.8 Å². The van der Waals surface area contributed by atoms with E-state index in [0.29, 0.717) is 12.1 Å². The second-order valence-corrected chi connectivity index (χ2v) is 10.8. The van der Waals surface area contributed by atoms with Gasteiger partial charge in [0.1, 0.15) is 12.2 Å². The Hall–Kier alpha value is -4.75. The van der Waals surface area contributed by atoms with Gasteiger partial charge in [-0.15, -0.1) is 0 Å². The van der Waals surface area contributed by atoms with Crippen LogP contribution in [0.3, 0.4) is 0 Å². The number of hydrogen-bond donors (Lipinski definition) is 4. The molecule has 4 rings (SSSR count). The van der Waals surface area contributed by atoms with Crippen LogP contribution >= 0.6 is 15.9 Å². The third-order valence-corrected chi connectivity index (χ3v) is 7.09. The topological polar surface area (TPSA) is 184 Å². The van der Waals surface area contributed by atoms with Crippen molar-refractivity contribution in [2.75, 3.05) is 18.4 Å². The number of aromatic nitrogens is 2. The van der Waals surface area contributed by atoms with Gasteiger partial charge in [0.25, 0.3) is 0 Å². The quantitative estimate of drug-likeness (QED) is 0.155. The minimum atomic E-state index is -5.59. The number of nitrogens with two attached hydrogens (primary N) is 2. The predicted molar refractivity (Wildman–Crippen MR) is 149 cm³/mol. The second kappa shape index (κ2) is 12.9. The van der Waals surface area contributed by atoms with Crippen LogP contribution in [0.1, 0.15) is 39.9 Å². The van der Waals surface area contributed by atoms with Gasteiger partial charge in [-0.25, -0.2) is 14.2 Å². The number of ether oxygens (including phenoxy) is 1. The molecule has 3 aromatic rings. The van der Waals surface area contributed by atoms with E-state index in [2.05, 4.69) is 41.4 Å². The molecule has 2 heterocycles. The highest BCUT2D eigenvalue weighted by Crippen LogP contribution is 2.40. The Labute approximate surface area is 261 Å². The maximum Gasteiger partial charge on any atom is 0.491 e. The van der Waals surface area contributed by atoms with Gasteiger partial charge in [-0.05, 0) is 35.9 Å². The molecule has 0 fully saturated rings. The number of halogens is 8. The zero-order valence-electron chi connectivity index (χ0n) is 22.9. The fourth-order valence-corrected chi connectivity index (χ4v) is 5.13. The Bertz CT molecular complexity index is 1740. The van der Waals surface area contributed by atoms with Crippen molar-refractivity contribution >= 4 is 62.2 Å². The molecule has 2 amide bonds. The molecule has 12 nitrogen and oxygen atoms in total. The predicted octanol–water partition coefficient (Wildman–Crippen LogP) is 3.46. The molecule has 6 N–H and O–H groups in total. The van der Waals surface area contributed by atoms with Gasteiger partial charge >= 0.3 is 24.3 Å². The van der Waals surface area contributed by atoms with Gasteiger partial charge in [-0.1, -0.05) is 15.9 Å². The van der Waals surface area contributed by atoms with Crippen molar-refractivity contribution in [2.24, 2.45) is 16.5 Å². The number of fused-ring (bicyclic) bond motifs is 1. The van der Waals surface area contributed by atoms with Crippen LogP contribution in [0.5, 0.6) is 0 Å². The summed E-state index contributed by atoms with van der Waals surface area (Å²) in [6, 6.07) is 2.72. The van der Waals surface area contributed by atoms with Crippen molar-refractivity contribution < 1.29 is 54.6 Å². The smallest absolute Gasteiger partial charge is 0.386 e. The number of rotatable bonds is 8. The maximum absolute atomic E-state index is 13.7. The lowest BCUT2D eigenvalue weighted by Crippen LogP contribution is -2.41. The monoisotopic (exact) mass is 723 g/mol. The van der Waals surface area contributed by atoms with Crippen LogP contribution in [-0.2, 0) is 25.3 Å². The number of hydrogen-bond acceptors (Lipinski definition) is 9. The molecule has 0 saturated heterocycles. The number of carbonyl (C=O) groups excluding carboxylic acids is 4. The summed E-state index contributed by atoms with van der Waals surface area (Å²) in [6.07, 6.45) is -11.9. The Morgan fingerprint density at radius 3 is 2.35 bits per heavy atom. The standard InChI is InChI=1S/C26H21BrF7N7O5/c27-13-2-10(1-12(5-13)25(29,30)31)15(6-19(42)46-23(45)26(32,33)34)20(22(36)44)41-18-4-11(21(35)43)3-17(16(18)9-39-41)40-24-37-7-14(28)8-38-24/h1-5,9,14-15,20H,6-8H2,(H2,35,43)(H2,36,44)(H2,37,38,40)/t15-,20?/m0/s1. The first-order valence-corrected chi connectivity index (χ1v) is 13.6. The van der Waals surface area contributed by atoms with Gasteiger partial charge in [0.2, 0.25) is 11.8 Å². The van der Waals surface area contributed by atoms with E-state index in [9.17, 15) is 49.9 Å². The Kier molecular flexibility index (Phi) is 9.59. The fourth-order valence-electron chi connectivity index (χ4n) is 4.62. The van der Waals surface area contributed by atoms with Crippen molar-refractivity contribution in [1.29, 1.82) is 0 Å². The lowest BCUT2D eigenvalue weighted by molar-refractivity contribution is -0.202. The molecule has 46 heavy (non-hydrogen) atoms. The summed E-state index contributed by atoms with van der Waals surface area (Å²) in [5, 5.41) is 9.75. The van der Waals surface area contributed by atoms with Gasteiger partial charge in [-0.3, -0.25) is 19.1 Å². The van der Waals surface area contributed by atoms with Crippen LogP contribution < -0.4 is 22.1 Å². The summed E-state index contributed by atoms with van der Waals surface area (Å²) in [6.45, 7) is -0.299. The fraction of sp³-hybridized carbons (Fsp3) is 0.308. The van der Waals surface area contributed by atoms with Crippen molar-refractivity contribution in [2.45, 2.75) is 36.9 Å². The van der Waals surface area contributed by atoms with Gasteiger partial charge in [0, 0.05) is 21.3 Å². The third kappa shape index (κ3) is 7.72. The van der Waals surface area contributed by atoms with Crippen molar-refractivity contribution in [3.05, 3.63) is 57.7 Å². The summed E-state index contributed by atoms with van der Waals surface area (Å²) >= 11 is 2.91. The molecule has 2 unspecified atom stereocenters. The molecular weight excluding hydrogens is 703 g/mol. The number of benzene rings is 2. The highest BCUT2D eigenvalue weighted by molar-refractivity contribution is 9.10. The number of alkyl halides is 7. The number of guanidine groups is 1. The van der Waals surface area contributed by atoms with E-state index in [1.807, 2.05) is 0 Å². The van der Waals surface area contributed by atoms with Crippen LogP contribution in [-0.4, -0.2) is 64.9 Å². The van der Waals surface area contributed by atoms with E-state index in [-0.39, 0.29) is 45.7 Å². The summed E-state index contributed by atoms with van der Waals surface area (Å²) in [7, 11) is 0. The van der Waals surface area contributed by atoms with E-state index in [1.165, 1.54) is 6.07 Å². The number of carbonyl (C=O) groups is 4. The first-order valence-electron chi connectivity index (χ1n) is 12.8. The van der Waals surface area contributed by atoms with Gasteiger partial charge in [-0.2, -0.15) is 31.4 Å². The second-order valence-electron chi connectivity index (χ2n) is 9.89. The average molecular weight is 724 g/mol. The zero-order valence-corrected chi connectivity index (χ0v) is 24.5. The normalized spacial score (nSPS) is 16.6. The minimum Gasteiger partial charge on any atom is -0.386 e. The highest BCUT2D eigenvalue weighted by Gasteiger charge is 2.44. The maximum atomic E-state index is 13.7. The number of primary amides is 2. The molecule has 246 valence electrons. The number of amides is 2. The Morgan fingerprint density at radius 1 is 1.09 bits per heavy atom. The van der Waals surface area contributed by atoms with Crippen LogP contribution in [0.25, 0.3) is 10.9 Å². The van der Waals surface area contributed by atoms with Gasteiger partial charge in [0.15, 0.2) is 5.96 Å². The van der Waals surface area contributed by atoms with Crippen LogP contribution in [0.2, 0.25) is 0 Å². The van der Waals surface area contributed by atoms with E-state index in [4.69, 9.17) is 11.5 Å². The molecule has 3 atom stereocenters. The van der Waals surface area contributed by atoms with Gasteiger partial charge in [0.05, 0.1) is 42.5 Å². The number of nitrogens with zero attached hydrogens (tertiary/aromatic N) is 3. The number of anilines is 1. The van der Waals surface area contributed by atoms with E-state index >= 15 is 0 Å². The van der Waals surface area contributed by atoms with E-state index < -0.39 is 71.8 Å². The SMILES string of the molecule is NC(=O)c1cc(NC2=NCC(F)CN2)c2cnn(C(C(N)=O)[C@@H](CC(=O)OC(=O)C(F)(F)F)c3cc(Br)cc(C(F)(F)F)c3)c2c1. The first-order chi connectivity index (χ1) is 21.3. The number of esters is 2. The largest absolute Gasteiger partial charge is 0.491 e. The molecule has 1 aromatic heterocycles. The lowest BCUT2D eigenvalue weighted by atomic mass is 9.87.